The van der Waals surface area contributed by atoms with E-state index in [1.54, 1.807) is 12.2 Å². The Hall–Kier alpha value is -2.64. The predicted molar refractivity (Wildman–Crippen MR) is 85.2 cm³/mol. The summed E-state index contributed by atoms with van der Waals surface area (Å²) in [5.41, 5.74) is -1.55. The first-order chi connectivity index (χ1) is 12.4. The Balaban J connectivity index is 2.00. The molecule has 26 heavy (non-hydrogen) atoms. The van der Waals surface area contributed by atoms with Crippen molar-refractivity contribution in [3.63, 3.8) is 0 Å². The van der Waals surface area contributed by atoms with Gasteiger partial charge in [0.2, 0.25) is 0 Å². The van der Waals surface area contributed by atoms with Crippen LogP contribution in [0.25, 0.3) is 0 Å². The van der Waals surface area contributed by atoms with Gasteiger partial charge in [0.15, 0.2) is 0 Å². The van der Waals surface area contributed by atoms with Crippen LogP contribution in [0.5, 0.6) is 0 Å². The van der Waals surface area contributed by atoms with Crippen LogP contribution in [0.2, 0.25) is 0 Å². The number of allylic oxidation sites excluding steroid dienone is 2. The molecule has 0 bridgehead atoms. The lowest BCUT2D eigenvalue weighted by molar-refractivity contribution is -0.146. The highest BCUT2D eigenvalue weighted by Gasteiger charge is 3.00. The van der Waals surface area contributed by atoms with E-state index in [-0.39, 0.29) is 11.8 Å². The smallest absolute Gasteiger partial charge is 0.330 e. The monoisotopic (exact) mass is 364 g/mol. The molecule has 0 aliphatic heterocycles. The number of fused-ring (bicyclic) bond motifs is 4. The minimum Gasteiger partial charge on any atom is -0.469 e. The van der Waals surface area contributed by atoms with Crippen LogP contribution >= 0.6 is 0 Å². The lowest BCUT2D eigenvalue weighted by Gasteiger charge is -2.31. The molecule has 8 heteroatoms. The third-order valence-electron chi connectivity index (χ3n) is 6.07. The average Bonchev–Trinajstić information content (AvgIpc) is 3.47. The van der Waals surface area contributed by atoms with Gasteiger partial charge in [0.05, 0.1) is 40.3 Å². The first kappa shape index (κ1) is 18.2. The topological polar surface area (TPSA) is 105 Å². The molecule has 6 unspecified atom stereocenters. The van der Waals surface area contributed by atoms with Gasteiger partial charge in [-0.15, -0.1) is 0 Å². The lowest BCUT2D eigenvalue weighted by Crippen LogP contribution is -2.30. The van der Waals surface area contributed by atoms with Crippen LogP contribution in [-0.2, 0) is 38.1 Å². The Bertz CT molecular complexity index is 675. The fraction of sp³-hybridized carbons (Fsp3) is 0.556. The Labute approximate surface area is 150 Å². The fourth-order valence-corrected chi connectivity index (χ4v) is 5.10. The van der Waals surface area contributed by atoms with Crippen molar-refractivity contribution in [2.24, 2.45) is 34.5 Å². The summed E-state index contributed by atoms with van der Waals surface area (Å²) in [5, 5.41) is 0. The average molecular weight is 364 g/mol. The quantitative estimate of drug-likeness (QED) is 0.376. The summed E-state index contributed by atoms with van der Waals surface area (Å²) in [6.45, 7) is 0. The fourth-order valence-electron chi connectivity index (χ4n) is 5.10. The number of rotatable bonds is 6. The largest absolute Gasteiger partial charge is 0.469 e. The molecule has 0 saturated heterocycles. The van der Waals surface area contributed by atoms with Crippen molar-refractivity contribution < 1.29 is 38.1 Å². The molecule has 0 aromatic rings. The molecule has 3 fully saturated rings. The SMILES string of the molecule is COC(=O)/C=C/C12C(C(=O)OC)C1C1C(C(=O)OC)C12/C=C/C(=O)OC. The van der Waals surface area contributed by atoms with Gasteiger partial charge in [-0.3, -0.25) is 9.59 Å². The number of ether oxygens (including phenoxy) is 4. The lowest BCUT2D eigenvalue weighted by atomic mass is 9.70. The van der Waals surface area contributed by atoms with Gasteiger partial charge in [0.1, 0.15) is 0 Å². The van der Waals surface area contributed by atoms with Gasteiger partial charge in [-0.2, -0.15) is 0 Å². The van der Waals surface area contributed by atoms with E-state index in [0.29, 0.717) is 0 Å². The van der Waals surface area contributed by atoms with Crippen LogP contribution in [0.3, 0.4) is 0 Å². The van der Waals surface area contributed by atoms with Crippen molar-refractivity contribution in [3.8, 4) is 0 Å². The Morgan fingerprint density at radius 1 is 0.654 bits per heavy atom. The van der Waals surface area contributed by atoms with E-state index in [2.05, 4.69) is 9.47 Å². The van der Waals surface area contributed by atoms with Crippen molar-refractivity contribution in [1.82, 2.24) is 0 Å². The van der Waals surface area contributed by atoms with Crippen LogP contribution in [0.1, 0.15) is 0 Å². The second kappa shape index (κ2) is 5.96. The highest BCUT2D eigenvalue weighted by Crippen LogP contribution is 2.98. The molecular weight excluding hydrogens is 344 g/mol. The summed E-state index contributed by atoms with van der Waals surface area (Å²) in [7, 11) is 5.07. The number of methoxy groups -OCH3 is 4. The minimum absolute atomic E-state index is 0.151. The van der Waals surface area contributed by atoms with Crippen LogP contribution in [0, 0.1) is 34.5 Å². The Morgan fingerprint density at radius 3 is 1.27 bits per heavy atom. The Kier molecular flexibility index (Phi) is 4.17. The van der Waals surface area contributed by atoms with Gasteiger partial charge in [0, 0.05) is 23.0 Å². The first-order valence-electron chi connectivity index (χ1n) is 8.07. The second-order valence-corrected chi connectivity index (χ2v) is 6.63. The highest BCUT2D eigenvalue weighted by molar-refractivity contribution is 5.91. The van der Waals surface area contributed by atoms with Crippen molar-refractivity contribution in [2.75, 3.05) is 28.4 Å². The number of carbonyl (C=O) groups excluding carboxylic acids is 4. The predicted octanol–water partition coefficient (Wildman–Crippen LogP) is 0.269. The van der Waals surface area contributed by atoms with Crippen LogP contribution in [-0.4, -0.2) is 52.3 Å². The maximum Gasteiger partial charge on any atom is 0.330 e. The van der Waals surface area contributed by atoms with Crippen LogP contribution in [0.15, 0.2) is 24.3 Å². The number of esters is 4. The minimum atomic E-state index is -0.775. The molecule has 0 spiro atoms. The first-order valence-corrected chi connectivity index (χ1v) is 8.07. The molecule has 3 aliphatic carbocycles. The van der Waals surface area contributed by atoms with Crippen LogP contribution in [0.4, 0.5) is 0 Å². The molecule has 0 amide bonds. The van der Waals surface area contributed by atoms with Gasteiger partial charge in [0.25, 0.3) is 0 Å². The molecule has 0 radical (unpaired) electrons. The normalized spacial score (nSPS) is 38.6. The summed E-state index contributed by atoms with van der Waals surface area (Å²) in [5.74, 6) is -3.23. The molecule has 0 N–H and O–H groups in total. The van der Waals surface area contributed by atoms with Crippen LogP contribution < -0.4 is 0 Å². The molecule has 140 valence electrons. The van der Waals surface area contributed by atoms with Crippen molar-refractivity contribution in [3.05, 3.63) is 24.3 Å². The molecule has 0 aromatic carbocycles. The number of hydrogen-bond donors (Lipinski definition) is 0. The molecule has 8 nitrogen and oxygen atoms in total. The van der Waals surface area contributed by atoms with Gasteiger partial charge in [-0.25, -0.2) is 9.59 Å². The summed E-state index contributed by atoms with van der Waals surface area (Å²) >= 11 is 0. The maximum atomic E-state index is 12.2. The van der Waals surface area contributed by atoms with Gasteiger partial charge >= 0.3 is 23.9 Å². The standard InChI is InChI=1S/C18H20O8/c1-23-9(19)5-7-17-11(13(17)15(21)25-3)12-14(16(22)26-4)18(12,17)8-6-10(20)24-2/h5-8,11-14H,1-4H3/b7-5+,8-6+. The van der Waals surface area contributed by atoms with Crippen molar-refractivity contribution in [2.45, 2.75) is 0 Å². The molecule has 3 aliphatic rings. The van der Waals surface area contributed by atoms with E-state index in [9.17, 15) is 19.2 Å². The molecule has 6 atom stereocenters. The van der Waals surface area contributed by atoms with Crippen molar-refractivity contribution >= 4 is 23.9 Å². The van der Waals surface area contributed by atoms with E-state index < -0.39 is 46.5 Å². The summed E-state index contributed by atoms with van der Waals surface area (Å²) in [4.78, 5) is 47.5. The second-order valence-electron chi connectivity index (χ2n) is 6.63. The zero-order valence-electron chi connectivity index (χ0n) is 14.9. The molecule has 3 saturated carbocycles. The summed E-state index contributed by atoms with van der Waals surface area (Å²) in [6, 6.07) is 0. The van der Waals surface area contributed by atoms with E-state index in [0.717, 1.165) is 0 Å². The van der Waals surface area contributed by atoms with E-state index in [4.69, 9.17) is 9.47 Å². The number of carbonyl (C=O) groups is 4. The summed E-state index contributed by atoms with van der Waals surface area (Å²) in [6.07, 6.45) is 5.69. The third kappa shape index (κ3) is 2.01. The van der Waals surface area contributed by atoms with Gasteiger partial charge in [-0.1, -0.05) is 12.2 Å². The van der Waals surface area contributed by atoms with E-state index in [1.165, 1.54) is 40.6 Å². The third-order valence-corrected chi connectivity index (χ3v) is 6.07. The van der Waals surface area contributed by atoms with E-state index >= 15 is 0 Å². The molecule has 3 rings (SSSR count). The zero-order valence-corrected chi connectivity index (χ0v) is 14.9. The summed E-state index contributed by atoms with van der Waals surface area (Å²) < 4.78 is 19.0. The molecular formula is C18H20O8. The zero-order chi connectivity index (χ0) is 19.3. The van der Waals surface area contributed by atoms with E-state index in [1.807, 2.05) is 0 Å². The van der Waals surface area contributed by atoms with Crippen molar-refractivity contribution in [1.29, 1.82) is 0 Å². The Morgan fingerprint density at radius 2 is 1.00 bits per heavy atom. The molecule has 0 aromatic heterocycles. The highest BCUT2D eigenvalue weighted by atomic mass is 16.5. The maximum absolute atomic E-state index is 12.2. The van der Waals surface area contributed by atoms with Gasteiger partial charge < -0.3 is 18.9 Å². The molecule has 0 heterocycles. The van der Waals surface area contributed by atoms with Gasteiger partial charge in [-0.05, 0) is 11.8 Å². The number of hydrogen-bond acceptors (Lipinski definition) is 8.